The zero-order valence-corrected chi connectivity index (χ0v) is 60.7. The molecule has 542 valence electrons. The molecule has 0 fully saturated rings. The summed E-state index contributed by atoms with van der Waals surface area (Å²) in [5.74, 6) is -2.34. The first-order chi connectivity index (χ1) is 45.7. The molecule has 0 aromatic heterocycles. The predicted molar refractivity (Wildman–Crippen MR) is 381 cm³/mol. The van der Waals surface area contributed by atoms with Crippen molar-refractivity contribution < 1.29 is 80.2 Å². The average Bonchev–Trinajstić information content (AvgIpc) is 1.35. The van der Waals surface area contributed by atoms with Gasteiger partial charge in [-0.1, -0.05) is 266 Å². The zero-order chi connectivity index (χ0) is 69.0. The summed E-state index contributed by atoms with van der Waals surface area (Å²) < 4.78 is 68.1. The molecule has 0 aliphatic heterocycles. The lowest BCUT2D eigenvalue weighted by Crippen LogP contribution is -2.30. The van der Waals surface area contributed by atoms with Gasteiger partial charge in [0.25, 0.3) is 0 Å². The number of carbonyl (C=O) groups is 4. The fraction of sp³-hybridized carbons (Fsp3) is 0.733. The molecule has 0 saturated carbocycles. The topological polar surface area (TPSA) is 237 Å². The second kappa shape index (κ2) is 67.5. The first-order valence-corrected chi connectivity index (χ1v) is 39.5. The number of esters is 4. The van der Waals surface area contributed by atoms with Crippen molar-refractivity contribution >= 4 is 39.5 Å². The van der Waals surface area contributed by atoms with Crippen LogP contribution in [0.1, 0.15) is 297 Å². The van der Waals surface area contributed by atoms with Gasteiger partial charge < -0.3 is 33.8 Å². The van der Waals surface area contributed by atoms with Gasteiger partial charge in [-0.05, 0) is 103 Å². The Hall–Kier alpha value is -4.02. The summed E-state index contributed by atoms with van der Waals surface area (Å²) in [5.41, 5.74) is 0. The molecule has 0 spiro atoms. The lowest BCUT2D eigenvalue weighted by molar-refractivity contribution is -0.161. The summed E-state index contributed by atoms with van der Waals surface area (Å²) in [7, 11) is -9.96. The molecule has 0 aromatic carbocycles. The molecule has 0 saturated heterocycles. The minimum Gasteiger partial charge on any atom is -0.462 e. The van der Waals surface area contributed by atoms with Gasteiger partial charge in [-0.2, -0.15) is 0 Å². The van der Waals surface area contributed by atoms with Crippen LogP contribution in [-0.4, -0.2) is 96.7 Å². The maximum absolute atomic E-state index is 13.0. The minimum atomic E-state index is -4.99. The van der Waals surface area contributed by atoms with Crippen LogP contribution in [-0.2, 0) is 65.4 Å². The highest BCUT2D eigenvalue weighted by Gasteiger charge is 2.30. The van der Waals surface area contributed by atoms with Crippen molar-refractivity contribution in [2.75, 3.05) is 39.6 Å². The van der Waals surface area contributed by atoms with Crippen molar-refractivity contribution in [3.63, 3.8) is 0 Å². The highest BCUT2D eigenvalue weighted by molar-refractivity contribution is 7.47. The number of allylic oxidation sites excluding steroid dienone is 15. The number of unbranched alkanes of at least 4 members (excludes halogenated alkanes) is 27. The zero-order valence-electron chi connectivity index (χ0n) is 58.9. The van der Waals surface area contributed by atoms with Crippen LogP contribution in [0.25, 0.3) is 0 Å². The molecule has 17 nitrogen and oxygen atoms in total. The largest absolute Gasteiger partial charge is 0.472 e. The van der Waals surface area contributed by atoms with E-state index in [4.69, 9.17) is 37.0 Å². The van der Waals surface area contributed by atoms with Crippen LogP contribution in [0.15, 0.2) is 97.2 Å². The van der Waals surface area contributed by atoms with E-state index in [0.717, 1.165) is 141 Å². The van der Waals surface area contributed by atoms with Crippen LogP contribution >= 0.6 is 15.6 Å². The van der Waals surface area contributed by atoms with Crippen LogP contribution in [0.4, 0.5) is 0 Å². The maximum atomic E-state index is 13.0. The Morgan fingerprint density at radius 1 is 0.319 bits per heavy atom. The van der Waals surface area contributed by atoms with E-state index in [2.05, 4.69) is 101 Å². The Bertz CT molecular complexity index is 2170. The van der Waals surface area contributed by atoms with Crippen molar-refractivity contribution in [3.05, 3.63) is 97.2 Å². The van der Waals surface area contributed by atoms with Gasteiger partial charge in [0, 0.05) is 19.3 Å². The van der Waals surface area contributed by atoms with Gasteiger partial charge in [0.1, 0.15) is 19.3 Å². The molecule has 19 heteroatoms. The number of hydrogen-bond donors (Lipinski definition) is 3. The van der Waals surface area contributed by atoms with Gasteiger partial charge >= 0.3 is 39.5 Å². The van der Waals surface area contributed by atoms with E-state index in [0.29, 0.717) is 25.7 Å². The van der Waals surface area contributed by atoms with Crippen LogP contribution < -0.4 is 0 Å². The molecule has 0 radical (unpaired) electrons. The summed E-state index contributed by atoms with van der Waals surface area (Å²) in [6.07, 6.45) is 68.7. The molecule has 5 unspecified atom stereocenters. The summed E-state index contributed by atoms with van der Waals surface area (Å²) in [4.78, 5) is 72.6. The number of phosphoric acid groups is 2. The first-order valence-electron chi connectivity index (χ1n) is 36.5. The van der Waals surface area contributed by atoms with Crippen molar-refractivity contribution in [3.8, 4) is 0 Å². The highest BCUT2D eigenvalue weighted by Crippen LogP contribution is 2.45. The number of phosphoric ester groups is 2. The van der Waals surface area contributed by atoms with E-state index in [-0.39, 0.29) is 25.7 Å². The van der Waals surface area contributed by atoms with E-state index in [1.807, 2.05) is 18.2 Å². The lowest BCUT2D eigenvalue weighted by Gasteiger charge is -2.21. The van der Waals surface area contributed by atoms with Gasteiger partial charge in [0.2, 0.25) is 0 Å². The molecule has 0 aromatic rings. The summed E-state index contributed by atoms with van der Waals surface area (Å²) in [5, 5.41) is 10.6. The molecule has 0 aliphatic carbocycles. The monoisotopic (exact) mass is 1360 g/mol. The number of ether oxygens (including phenoxy) is 4. The molecular formula is C75H130O17P2. The smallest absolute Gasteiger partial charge is 0.462 e. The van der Waals surface area contributed by atoms with E-state index >= 15 is 0 Å². The fourth-order valence-corrected chi connectivity index (χ4v) is 11.1. The minimum absolute atomic E-state index is 0.0693. The summed E-state index contributed by atoms with van der Waals surface area (Å²) in [6.45, 7) is 4.54. The van der Waals surface area contributed by atoms with Crippen LogP contribution in [0.5, 0.6) is 0 Å². The van der Waals surface area contributed by atoms with Crippen LogP contribution in [0.3, 0.4) is 0 Å². The maximum Gasteiger partial charge on any atom is 0.472 e. The predicted octanol–water partition coefficient (Wildman–Crippen LogP) is 20.4. The number of rotatable bonds is 68. The van der Waals surface area contributed by atoms with Gasteiger partial charge in [0.15, 0.2) is 12.2 Å². The van der Waals surface area contributed by atoms with Gasteiger partial charge in [-0.25, -0.2) is 9.13 Å². The molecule has 94 heavy (non-hydrogen) atoms. The highest BCUT2D eigenvalue weighted by atomic mass is 31.2. The normalized spacial score (nSPS) is 14.6. The average molecular weight is 1370 g/mol. The summed E-state index contributed by atoms with van der Waals surface area (Å²) in [6, 6.07) is 0. The van der Waals surface area contributed by atoms with Crippen molar-refractivity contribution in [1.29, 1.82) is 0 Å². The number of aliphatic hydroxyl groups is 1. The third-order valence-electron chi connectivity index (χ3n) is 15.0. The van der Waals surface area contributed by atoms with E-state index in [1.165, 1.54) is 77.0 Å². The SMILES string of the molecule is CC/C=C\C/C=C\C/C=C\C/C=C\C/C=C\CC(=O)OCC(COP(=O)(O)OCC(O)COP(=O)(O)OCC(COC(=O)CCCCCCC/C=C\CCCCCCCC)OC(=O)CCCCCCC/C=C\C/C=C\CCC)OC(=O)CCCCCCCCCCCCC. The van der Waals surface area contributed by atoms with Gasteiger partial charge in [-0.15, -0.1) is 0 Å². The molecular weight excluding hydrogens is 1230 g/mol. The Morgan fingerprint density at radius 3 is 1.00 bits per heavy atom. The Kier molecular flexibility index (Phi) is 64.7. The quantitative estimate of drug-likeness (QED) is 0.0169. The summed E-state index contributed by atoms with van der Waals surface area (Å²) >= 11 is 0. The third-order valence-corrected chi connectivity index (χ3v) is 16.9. The first kappa shape index (κ1) is 90.0. The second-order valence-electron chi connectivity index (χ2n) is 24.2. The molecule has 0 rings (SSSR count). The van der Waals surface area contributed by atoms with E-state index in [1.54, 1.807) is 6.08 Å². The standard InChI is InChI=1S/C75H130O17P2/c1-5-9-13-17-21-25-29-32-34-37-40-43-47-51-55-59-72(77)85-65-70(91-74(79)61-57-53-49-45-39-28-24-20-16-12-8-4)67-89-93(81,82)87-63-69(76)64-88-94(83,84)90-68-71(92-75(80)62-58-54-50-46-42-36-31-27-23-19-15-11-7-3)66-86-73(78)60-56-52-48-44-41-38-35-33-30-26-22-18-14-10-6-2/h9,13,15,19,21,25,27,31-35,40,43,51,55,69-71,76H,5-8,10-12,14,16-18,20,22-24,26,28-30,36-39,41-42,44-50,52-54,56-68H2,1-4H3,(H,81,82)(H,83,84)/b13-9-,19-15-,25-21-,31-27-,34-32-,35-33-,43-40-,55-51-. The second-order valence-corrected chi connectivity index (χ2v) is 27.1. The molecule has 0 aliphatic rings. The van der Waals surface area contributed by atoms with E-state index in [9.17, 15) is 43.2 Å². The Morgan fingerprint density at radius 2 is 0.617 bits per heavy atom. The van der Waals surface area contributed by atoms with Crippen molar-refractivity contribution in [2.24, 2.45) is 0 Å². The van der Waals surface area contributed by atoms with Gasteiger partial charge in [-0.3, -0.25) is 37.3 Å². The molecule has 0 heterocycles. The fourth-order valence-electron chi connectivity index (χ4n) is 9.50. The number of hydrogen-bond acceptors (Lipinski definition) is 15. The van der Waals surface area contributed by atoms with Crippen LogP contribution in [0, 0.1) is 0 Å². The number of aliphatic hydroxyl groups excluding tert-OH is 1. The van der Waals surface area contributed by atoms with Gasteiger partial charge in [0.05, 0.1) is 32.8 Å². The lowest BCUT2D eigenvalue weighted by atomic mass is 10.1. The molecule has 0 bridgehead atoms. The van der Waals surface area contributed by atoms with Crippen molar-refractivity contribution in [1.82, 2.24) is 0 Å². The molecule has 0 amide bonds. The van der Waals surface area contributed by atoms with Crippen LogP contribution in [0.2, 0.25) is 0 Å². The Labute approximate surface area is 569 Å². The number of carbonyl (C=O) groups excluding carboxylic acids is 4. The Balaban J connectivity index is 5.38. The molecule has 5 atom stereocenters. The molecule has 3 N–H and O–H groups in total. The van der Waals surface area contributed by atoms with Crippen molar-refractivity contribution in [2.45, 2.75) is 316 Å². The van der Waals surface area contributed by atoms with E-state index < -0.39 is 97.5 Å². The third kappa shape index (κ3) is 66.6.